The Bertz CT molecular complexity index is 385. The predicted octanol–water partition coefficient (Wildman–Crippen LogP) is 2.41. The van der Waals surface area contributed by atoms with Crippen LogP contribution in [-0.4, -0.2) is 17.7 Å². The van der Waals surface area contributed by atoms with Crippen molar-refractivity contribution in [3.8, 4) is 0 Å². The molecule has 3 heteroatoms. The van der Waals surface area contributed by atoms with E-state index in [4.69, 9.17) is 4.74 Å². The topological polar surface area (TPSA) is 46.5 Å². The van der Waals surface area contributed by atoms with Crippen molar-refractivity contribution in [2.45, 2.75) is 39.7 Å². The molecule has 0 spiro atoms. The van der Waals surface area contributed by atoms with E-state index in [-0.39, 0.29) is 6.61 Å². The third-order valence-electron chi connectivity index (χ3n) is 2.80. The fourth-order valence-corrected chi connectivity index (χ4v) is 1.79. The van der Waals surface area contributed by atoms with Gasteiger partial charge in [0.1, 0.15) is 0 Å². The van der Waals surface area contributed by atoms with Crippen LogP contribution >= 0.6 is 0 Å². The summed E-state index contributed by atoms with van der Waals surface area (Å²) in [4.78, 5) is 11.5. The molecule has 94 valence electrons. The van der Waals surface area contributed by atoms with Crippen molar-refractivity contribution in [1.29, 1.82) is 0 Å². The monoisotopic (exact) mass is 236 g/mol. The Labute approximate surface area is 102 Å². The molecule has 0 aromatic heterocycles. The number of rotatable bonds is 5. The molecular weight excluding hydrogens is 216 g/mol. The molecule has 0 amide bonds. The van der Waals surface area contributed by atoms with Crippen LogP contribution in [0.5, 0.6) is 0 Å². The average Bonchev–Trinajstić information content (AvgIpc) is 2.37. The predicted molar refractivity (Wildman–Crippen MR) is 66.8 cm³/mol. The van der Waals surface area contributed by atoms with Crippen LogP contribution in [0.1, 0.15) is 43.6 Å². The fourth-order valence-electron chi connectivity index (χ4n) is 1.79. The lowest BCUT2D eigenvalue weighted by molar-refractivity contribution is -0.153. The SMILES string of the molecule is CCOC(=O)C(O)c1cc(CC)ccc1CC. The number of hydrogen-bond acceptors (Lipinski definition) is 3. The third kappa shape index (κ3) is 3.30. The van der Waals surface area contributed by atoms with Crippen molar-refractivity contribution in [3.63, 3.8) is 0 Å². The Morgan fingerprint density at radius 2 is 2.00 bits per heavy atom. The van der Waals surface area contributed by atoms with E-state index in [0.29, 0.717) is 5.56 Å². The maximum Gasteiger partial charge on any atom is 0.339 e. The molecule has 0 aliphatic rings. The molecule has 0 saturated carbocycles. The summed E-state index contributed by atoms with van der Waals surface area (Å²) < 4.78 is 4.84. The van der Waals surface area contributed by atoms with Crippen LogP contribution < -0.4 is 0 Å². The van der Waals surface area contributed by atoms with E-state index in [0.717, 1.165) is 24.0 Å². The molecule has 0 fully saturated rings. The van der Waals surface area contributed by atoms with Gasteiger partial charge in [-0.25, -0.2) is 4.79 Å². The number of hydrogen-bond donors (Lipinski definition) is 1. The average molecular weight is 236 g/mol. The second-order valence-electron chi connectivity index (χ2n) is 3.89. The Morgan fingerprint density at radius 1 is 1.29 bits per heavy atom. The second-order valence-corrected chi connectivity index (χ2v) is 3.89. The third-order valence-corrected chi connectivity index (χ3v) is 2.80. The molecule has 17 heavy (non-hydrogen) atoms. The Balaban J connectivity index is 3.04. The number of aliphatic hydroxyl groups excluding tert-OH is 1. The van der Waals surface area contributed by atoms with Gasteiger partial charge in [0.25, 0.3) is 0 Å². The summed E-state index contributed by atoms with van der Waals surface area (Å²) >= 11 is 0. The van der Waals surface area contributed by atoms with E-state index in [1.807, 2.05) is 32.0 Å². The first-order valence-electron chi connectivity index (χ1n) is 6.10. The number of aryl methyl sites for hydroxylation is 2. The van der Waals surface area contributed by atoms with Gasteiger partial charge >= 0.3 is 5.97 Å². The first-order valence-corrected chi connectivity index (χ1v) is 6.10. The normalized spacial score (nSPS) is 12.2. The first kappa shape index (κ1) is 13.7. The van der Waals surface area contributed by atoms with Gasteiger partial charge in [-0.3, -0.25) is 0 Å². The van der Waals surface area contributed by atoms with Crippen molar-refractivity contribution >= 4 is 5.97 Å². The molecule has 0 bridgehead atoms. The Morgan fingerprint density at radius 3 is 2.53 bits per heavy atom. The van der Waals surface area contributed by atoms with Crippen LogP contribution in [0.2, 0.25) is 0 Å². The quantitative estimate of drug-likeness (QED) is 0.798. The summed E-state index contributed by atoms with van der Waals surface area (Å²) in [5, 5.41) is 9.98. The molecule has 0 radical (unpaired) electrons. The highest BCUT2D eigenvalue weighted by Gasteiger charge is 2.21. The molecular formula is C14H20O3. The van der Waals surface area contributed by atoms with Crippen LogP contribution in [0.15, 0.2) is 18.2 Å². The highest BCUT2D eigenvalue weighted by atomic mass is 16.5. The Kier molecular flexibility index (Phi) is 5.16. The molecule has 1 unspecified atom stereocenters. The lowest BCUT2D eigenvalue weighted by Crippen LogP contribution is -2.17. The zero-order valence-corrected chi connectivity index (χ0v) is 10.7. The van der Waals surface area contributed by atoms with Crippen molar-refractivity contribution in [1.82, 2.24) is 0 Å². The van der Waals surface area contributed by atoms with Gasteiger partial charge in [0.05, 0.1) is 6.61 Å². The van der Waals surface area contributed by atoms with E-state index >= 15 is 0 Å². The van der Waals surface area contributed by atoms with Crippen molar-refractivity contribution in [2.24, 2.45) is 0 Å². The molecule has 0 saturated heterocycles. The van der Waals surface area contributed by atoms with Crippen LogP contribution in [0.4, 0.5) is 0 Å². The van der Waals surface area contributed by atoms with Gasteiger partial charge in [-0.05, 0) is 36.5 Å². The van der Waals surface area contributed by atoms with Gasteiger partial charge in [0, 0.05) is 0 Å². The van der Waals surface area contributed by atoms with E-state index in [2.05, 4.69) is 0 Å². The molecule has 1 aromatic carbocycles. The summed E-state index contributed by atoms with van der Waals surface area (Å²) in [6.07, 6.45) is 0.499. The molecule has 0 aliphatic heterocycles. The van der Waals surface area contributed by atoms with Gasteiger partial charge in [-0.1, -0.05) is 32.0 Å². The highest BCUT2D eigenvalue weighted by Crippen LogP contribution is 2.22. The van der Waals surface area contributed by atoms with Gasteiger partial charge in [0.15, 0.2) is 6.10 Å². The number of carbonyl (C=O) groups excluding carboxylic acids is 1. The minimum atomic E-state index is -1.17. The number of ether oxygens (including phenoxy) is 1. The molecule has 1 aromatic rings. The van der Waals surface area contributed by atoms with Crippen molar-refractivity contribution < 1.29 is 14.6 Å². The maximum atomic E-state index is 11.5. The molecule has 1 N–H and O–H groups in total. The van der Waals surface area contributed by atoms with E-state index in [1.165, 1.54) is 0 Å². The number of carbonyl (C=O) groups is 1. The largest absolute Gasteiger partial charge is 0.464 e. The summed E-state index contributed by atoms with van der Waals surface area (Å²) in [6, 6.07) is 5.89. The molecule has 1 rings (SSSR count). The Hall–Kier alpha value is -1.35. The van der Waals surface area contributed by atoms with Crippen LogP contribution in [-0.2, 0) is 22.4 Å². The van der Waals surface area contributed by atoms with Crippen LogP contribution in [0.3, 0.4) is 0 Å². The minimum absolute atomic E-state index is 0.283. The minimum Gasteiger partial charge on any atom is -0.464 e. The van der Waals surface area contributed by atoms with Gasteiger partial charge < -0.3 is 9.84 Å². The van der Waals surface area contributed by atoms with E-state index < -0.39 is 12.1 Å². The molecule has 0 heterocycles. The van der Waals surface area contributed by atoms with Gasteiger partial charge in [-0.2, -0.15) is 0 Å². The number of benzene rings is 1. The zero-order valence-electron chi connectivity index (χ0n) is 10.7. The summed E-state index contributed by atoms with van der Waals surface area (Å²) in [5.41, 5.74) is 2.77. The molecule has 0 aliphatic carbocycles. The second kappa shape index (κ2) is 6.40. The van der Waals surface area contributed by atoms with E-state index in [9.17, 15) is 9.90 Å². The number of aliphatic hydroxyl groups is 1. The fraction of sp³-hybridized carbons (Fsp3) is 0.500. The van der Waals surface area contributed by atoms with Crippen LogP contribution in [0.25, 0.3) is 0 Å². The summed E-state index contributed by atoms with van der Waals surface area (Å²) in [6.45, 7) is 6.06. The standard InChI is InChI=1S/C14H20O3/c1-4-10-7-8-11(5-2)12(9-10)13(15)14(16)17-6-3/h7-9,13,15H,4-6H2,1-3H3. The zero-order chi connectivity index (χ0) is 12.8. The summed E-state index contributed by atoms with van der Waals surface area (Å²) in [7, 11) is 0. The van der Waals surface area contributed by atoms with E-state index in [1.54, 1.807) is 6.92 Å². The van der Waals surface area contributed by atoms with Crippen molar-refractivity contribution in [2.75, 3.05) is 6.61 Å². The van der Waals surface area contributed by atoms with Crippen LogP contribution in [0, 0.1) is 0 Å². The smallest absolute Gasteiger partial charge is 0.339 e. The highest BCUT2D eigenvalue weighted by molar-refractivity contribution is 5.76. The number of esters is 1. The van der Waals surface area contributed by atoms with Gasteiger partial charge in [0.2, 0.25) is 0 Å². The van der Waals surface area contributed by atoms with Crippen molar-refractivity contribution in [3.05, 3.63) is 34.9 Å². The molecule has 3 nitrogen and oxygen atoms in total. The van der Waals surface area contributed by atoms with Gasteiger partial charge in [-0.15, -0.1) is 0 Å². The lowest BCUT2D eigenvalue weighted by Gasteiger charge is -2.15. The molecule has 1 atom stereocenters. The summed E-state index contributed by atoms with van der Waals surface area (Å²) in [5.74, 6) is -0.574. The maximum absolute atomic E-state index is 11.5. The lowest BCUT2D eigenvalue weighted by atomic mass is 9.97. The first-order chi connectivity index (χ1) is 8.13.